The van der Waals surface area contributed by atoms with E-state index in [1.807, 2.05) is 0 Å². The maximum Gasteiger partial charge on any atom is 0.404 e. The molecule has 0 saturated carbocycles. The molecule has 3 rings (SSSR count). The number of carbonyl (C=O) groups excluding carboxylic acids is 3. The number of aliphatic carboxylic acids is 1. The number of ether oxygens (including phenoxy) is 1. The van der Waals surface area contributed by atoms with Gasteiger partial charge in [-0.1, -0.05) is 16.5 Å². The number of amides is 3. The van der Waals surface area contributed by atoms with Crippen molar-refractivity contribution in [2.24, 2.45) is 10.9 Å². The van der Waals surface area contributed by atoms with E-state index in [2.05, 4.69) is 36.1 Å². The van der Waals surface area contributed by atoms with Gasteiger partial charge in [0.05, 0.1) is 0 Å². The first-order valence-corrected chi connectivity index (χ1v) is 11.0. The van der Waals surface area contributed by atoms with Crippen molar-refractivity contribution in [2.75, 3.05) is 25.2 Å². The van der Waals surface area contributed by atoms with E-state index in [0.717, 1.165) is 16.2 Å². The van der Waals surface area contributed by atoms with E-state index in [0.29, 0.717) is 3.79 Å². The molecular weight excluding hydrogens is 556 g/mol. The Labute approximate surface area is 203 Å². The lowest BCUT2D eigenvalue weighted by atomic mass is 10.0. The second-order valence-electron chi connectivity index (χ2n) is 6.02. The van der Waals surface area contributed by atoms with Gasteiger partial charge in [0.2, 0.25) is 0 Å². The number of β-lactam (4-membered cyclic amide) rings is 1. The molecule has 0 radical (unpaired) electrons. The van der Waals surface area contributed by atoms with Crippen LogP contribution in [-0.4, -0.2) is 75.5 Å². The zero-order chi connectivity index (χ0) is 22.9. The Morgan fingerprint density at radius 3 is 2.66 bits per heavy atom. The highest BCUT2D eigenvalue weighted by molar-refractivity contribution is 9.11. The number of carboxylic acids is 1. The minimum Gasteiger partial charge on any atom is -0.477 e. The molecule has 1 aromatic heterocycles. The third-order valence-corrected chi connectivity index (χ3v) is 7.02. The summed E-state index contributed by atoms with van der Waals surface area (Å²) in [6.45, 7) is -0.360. The first-order valence-electron chi connectivity index (χ1n) is 8.32. The lowest BCUT2D eigenvalue weighted by Crippen LogP contribution is -2.71. The maximum absolute atomic E-state index is 12.8. The molecule has 2 atom stereocenters. The van der Waals surface area contributed by atoms with E-state index in [4.69, 9.17) is 16.3 Å². The Kier molecular flexibility index (Phi) is 8.33. The molecule has 3 amide bonds. The third kappa shape index (κ3) is 4.92. The summed E-state index contributed by atoms with van der Waals surface area (Å²) in [5, 5.41) is 15.3. The molecule has 2 aliphatic heterocycles. The van der Waals surface area contributed by atoms with Gasteiger partial charge in [-0.3, -0.25) is 14.5 Å². The van der Waals surface area contributed by atoms with Crippen LogP contribution in [0.4, 0.5) is 9.93 Å². The van der Waals surface area contributed by atoms with Gasteiger partial charge >= 0.3 is 12.1 Å². The summed E-state index contributed by atoms with van der Waals surface area (Å²) >= 11 is 5.52. The van der Waals surface area contributed by atoms with Crippen molar-refractivity contribution in [3.05, 3.63) is 20.8 Å². The van der Waals surface area contributed by atoms with E-state index in [1.165, 1.54) is 18.9 Å². The SMILES string of the molecule is CO/N=C(\C(=O)NC1C(=O)N2C(C(=O)O)=C(COC(N)=O)CS[C@H]12)c1nc(N)sc1Br.Cl. The number of carbonyl (C=O) groups is 4. The minimum absolute atomic E-state index is 0. The van der Waals surface area contributed by atoms with Crippen LogP contribution in [0.25, 0.3) is 0 Å². The predicted octanol–water partition coefficient (Wildman–Crippen LogP) is 0.0940. The van der Waals surface area contributed by atoms with E-state index >= 15 is 0 Å². The molecule has 32 heavy (non-hydrogen) atoms. The number of fused-ring (bicyclic) bond motifs is 1. The molecule has 0 spiro atoms. The van der Waals surface area contributed by atoms with Crippen molar-refractivity contribution < 1.29 is 33.9 Å². The zero-order valence-corrected chi connectivity index (χ0v) is 20.1. The number of aromatic nitrogens is 1. The van der Waals surface area contributed by atoms with Crippen LogP contribution in [0.15, 0.2) is 20.2 Å². The topological polar surface area (TPSA) is 200 Å². The van der Waals surface area contributed by atoms with Crippen molar-refractivity contribution in [2.45, 2.75) is 11.4 Å². The summed E-state index contributed by atoms with van der Waals surface area (Å²) in [4.78, 5) is 57.8. The van der Waals surface area contributed by atoms with Gasteiger partial charge in [0, 0.05) is 11.3 Å². The average Bonchev–Trinajstić information content (AvgIpc) is 3.04. The molecule has 1 aromatic rings. The summed E-state index contributed by atoms with van der Waals surface area (Å²) in [6.07, 6.45) is -1.07. The van der Waals surface area contributed by atoms with Crippen LogP contribution in [-0.2, 0) is 24.0 Å². The Morgan fingerprint density at radius 2 is 2.12 bits per heavy atom. The van der Waals surface area contributed by atoms with Crippen LogP contribution in [0.3, 0.4) is 0 Å². The van der Waals surface area contributed by atoms with Crippen LogP contribution in [0.2, 0.25) is 0 Å². The molecule has 0 bridgehead atoms. The lowest BCUT2D eigenvalue weighted by molar-refractivity contribution is -0.150. The van der Waals surface area contributed by atoms with E-state index in [1.54, 1.807) is 0 Å². The monoisotopic (exact) mass is 570 g/mol. The summed E-state index contributed by atoms with van der Waals surface area (Å²) in [5.41, 5.74) is 10.4. The predicted molar refractivity (Wildman–Crippen MR) is 120 cm³/mol. The lowest BCUT2D eigenvalue weighted by Gasteiger charge is -2.49. The molecule has 2 aliphatic rings. The van der Waals surface area contributed by atoms with Gasteiger partial charge in [-0.05, 0) is 15.9 Å². The van der Waals surface area contributed by atoms with Crippen molar-refractivity contribution >= 4 is 86.2 Å². The van der Waals surface area contributed by atoms with Gasteiger partial charge < -0.3 is 31.5 Å². The first kappa shape index (κ1) is 25.7. The number of oxime groups is 1. The number of halogens is 2. The number of thioether (sulfide) groups is 1. The number of nitrogens with two attached hydrogens (primary N) is 2. The van der Waals surface area contributed by atoms with Gasteiger partial charge in [-0.25, -0.2) is 14.6 Å². The molecule has 13 nitrogen and oxygen atoms in total. The molecule has 0 aliphatic carbocycles. The number of nitrogens with one attached hydrogen (secondary N) is 1. The van der Waals surface area contributed by atoms with Crippen molar-refractivity contribution in [1.82, 2.24) is 15.2 Å². The summed E-state index contributed by atoms with van der Waals surface area (Å²) in [6, 6.07) is -1.01. The standard InChI is InChI=1S/C15H15BrN6O7S2.ClH/c1-28-21-6(5-9(16)31-14(17)20-5)10(23)19-7-11(24)22-8(13(25)26)4(2-29-15(18)27)3-30-12(7)22;/h7,12H,2-3H2,1H3,(H2,17,20)(H2,18,27)(H,19,23)(H,25,26);1H/b21-6-;/t7?,12-;/m1./s1. The highest BCUT2D eigenvalue weighted by Gasteiger charge is 2.54. The van der Waals surface area contributed by atoms with E-state index in [9.17, 15) is 24.3 Å². The summed E-state index contributed by atoms with van der Waals surface area (Å²) < 4.78 is 5.11. The number of anilines is 1. The van der Waals surface area contributed by atoms with E-state index < -0.39 is 35.3 Å². The number of primary amides is 1. The molecule has 3 heterocycles. The number of rotatable bonds is 7. The number of hydrogen-bond donors (Lipinski definition) is 4. The number of hydrogen-bond acceptors (Lipinski definition) is 11. The fraction of sp³-hybridized carbons (Fsp3) is 0.333. The minimum atomic E-state index is -1.37. The Hall–Kier alpha value is -2.56. The van der Waals surface area contributed by atoms with E-state index in [-0.39, 0.29) is 52.6 Å². The van der Waals surface area contributed by atoms with Crippen molar-refractivity contribution in [3.63, 3.8) is 0 Å². The molecule has 17 heteroatoms. The van der Waals surface area contributed by atoms with Gasteiger partial charge in [-0.2, -0.15) is 0 Å². The van der Waals surface area contributed by atoms with Crippen molar-refractivity contribution in [1.29, 1.82) is 0 Å². The molecule has 174 valence electrons. The number of nitrogen functional groups attached to an aromatic ring is 1. The largest absolute Gasteiger partial charge is 0.477 e. The van der Waals surface area contributed by atoms with Crippen LogP contribution in [0, 0.1) is 0 Å². The van der Waals surface area contributed by atoms with Gasteiger partial charge in [0.25, 0.3) is 11.8 Å². The van der Waals surface area contributed by atoms with Gasteiger partial charge in [0.1, 0.15) is 40.3 Å². The fourth-order valence-corrected chi connectivity index (χ4v) is 5.57. The number of thiazole rings is 1. The number of carboxylic acid groups (broad SMARTS) is 1. The van der Waals surface area contributed by atoms with Crippen LogP contribution in [0.1, 0.15) is 5.69 Å². The van der Waals surface area contributed by atoms with Gasteiger partial charge in [0.15, 0.2) is 10.8 Å². The molecule has 0 aromatic carbocycles. The van der Waals surface area contributed by atoms with Crippen molar-refractivity contribution in [3.8, 4) is 0 Å². The first-order chi connectivity index (χ1) is 14.6. The molecular formula is C15H16BrClN6O7S2. The van der Waals surface area contributed by atoms with Crippen LogP contribution >= 0.6 is 51.4 Å². The van der Waals surface area contributed by atoms with Crippen LogP contribution < -0.4 is 16.8 Å². The normalized spacial score (nSPS) is 20.0. The zero-order valence-electron chi connectivity index (χ0n) is 16.1. The molecule has 1 saturated heterocycles. The second-order valence-corrected chi connectivity index (χ2v) is 9.48. The Balaban J connectivity index is 0.00000363. The molecule has 1 unspecified atom stereocenters. The quantitative estimate of drug-likeness (QED) is 0.197. The average molecular weight is 572 g/mol. The highest BCUT2D eigenvalue weighted by Crippen LogP contribution is 2.40. The number of nitrogens with zero attached hydrogens (tertiary/aromatic N) is 3. The third-order valence-electron chi connectivity index (χ3n) is 4.15. The van der Waals surface area contributed by atoms with Gasteiger partial charge in [-0.15, -0.1) is 24.2 Å². The smallest absolute Gasteiger partial charge is 0.404 e. The molecule has 1 fully saturated rings. The highest BCUT2D eigenvalue weighted by atomic mass is 79.9. The Morgan fingerprint density at radius 1 is 1.44 bits per heavy atom. The molecule has 6 N–H and O–H groups in total. The summed E-state index contributed by atoms with van der Waals surface area (Å²) in [5.74, 6) is -2.61. The Bertz CT molecular complexity index is 1030. The second kappa shape index (κ2) is 10.4. The summed E-state index contributed by atoms with van der Waals surface area (Å²) in [7, 11) is 1.24. The maximum atomic E-state index is 12.8. The fourth-order valence-electron chi connectivity index (χ4n) is 2.91. The van der Waals surface area contributed by atoms with Crippen LogP contribution in [0.5, 0.6) is 0 Å².